The lowest BCUT2D eigenvalue weighted by Gasteiger charge is -2.03. The van der Waals surface area contributed by atoms with Crippen LogP contribution < -0.4 is 5.32 Å². The van der Waals surface area contributed by atoms with Gasteiger partial charge in [-0.1, -0.05) is 30.3 Å². The Balaban J connectivity index is 1.57. The Labute approximate surface area is 154 Å². The number of nitrogens with one attached hydrogen (secondary N) is 1. The fourth-order valence-electron chi connectivity index (χ4n) is 2.54. The van der Waals surface area contributed by atoms with E-state index in [1.54, 1.807) is 17.7 Å². The third-order valence-electron chi connectivity index (χ3n) is 3.91. The van der Waals surface area contributed by atoms with Crippen molar-refractivity contribution in [3.05, 3.63) is 79.7 Å². The molecule has 0 saturated heterocycles. The largest absolute Gasteiger partial charge is 0.390 e. The molecule has 0 spiro atoms. The number of aromatic nitrogens is 2. The van der Waals surface area contributed by atoms with Crippen LogP contribution in [-0.2, 0) is 13.0 Å². The summed E-state index contributed by atoms with van der Waals surface area (Å²) in [5, 5.41) is 19.5. The van der Waals surface area contributed by atoms with Crippen LogP contribution in [0.3, 0.4) is 0 Å². The Morgan fingerprint density at radius 2 is 2.04 bits per heavy atom. The molecule has 0 aliphatic carbocycles. The number of benzene rings is 1. The summed E-state index contributed by atoms with van der Waals surface area (Å²) in [5.41, 5.74) is 2.77. The predicted octanol–water partition coefficient (Wildman–Crippen LogP) is 3.18. The maximum atomic E-state index is 12.2. The van der Waals surface area contributed by atoms with Crippen molar-refractivity contribution in [3.63, 3.8) is 0 Å². The van der Waals surface area contributed by atoms with E-state index in [1.807, 2.05) is 35.7 Å². The molecule has 0 bridgehead atoms. The molecule has 0 radical (unpaired) electrons. The number of carbonyl (C=O) groups excluding carboxylic acids is 1. The van der Waals surface area contributed by atoms with Gasteiger partial charge in [0.05, 0.1) is 28.3 Å². The molecule has 26 heavy (non-hydrogen) atoms. The SMILES string of the molecule is Cc1cc([N+](=O)[O-])nn1Cc1csc(C(=O)NCCc2ccccc2)c1. The van der Waals surface area contributed by atoms with Crippen LogP contribution in [0.2, 0.25) is 0 Å². The van der Waals surface area contributed by atoms with E-state index in [0.717, 1.165) is 12.0 Å². The molecule has 0 saturated carbocycles. The Kier molecular flexibility index (Phi) is 5.43. The molecular weight excluding hydrogens is 352 g/mol. The number of hydrogen-bond acceptors (Lipinski definition) is 5. The topological polar surface area (TPSA) is 90.1 Å². The molecule has 0 aliphatic heterocycles. The van der Waals surface area contributed by atoms with Crippen molar-refractivity contribution in [1.82, 2.24) is 15.1 Å². The molecule has 8 heteroatoms. The minimum Gasteiger partial charge on any atom is -0.358 e. The van der Waals surface area contributed by atoms with Gasteiger partial charge in [0.2, 0.25) is 0 Å². The number of rotatable bonds is 7. The molecule has 134 valence electrons. The molecule has 0 atom stereocenters. The highest BCUT2D eigenvalue weighted by Crippen LogP contribution is 2.18. The van der Waals surface area contributed by atoms with E-state index >= 15 is 0 Å². The smallest absolute Gasteiger partial charge is 0.358 e. The first-order valence-electron chi connectivity index (χ1n) is 8.11. The summed E-state index contributed by atoms with van der Waals surface area (Å²) in [6, 6.07) is 13.2. The molecule has 7 nitrogen and oxygen atoms in total. The van der Waals surface area contributed by atoms with Crippen molar-refractivity contribution < 1.29 is 9.72 Å². The third-order valence-corrected chi connectivity index (χ3v) is 4.89. The molecule has 0 unspecified atom stereocenters. The number of thiophene rings is 1. The van der Waals surface area contributed by atoms with Gasteiger partial charge in [0, 0.05) is 6.54 Å². The number of aryl methyl sites for hydroxylation is 1. The van der Waals surface area contributed by atoms with Crippen LogP contribution in [0.5, 0.6) is 0 Å². The Morgan fingerprint density at radius 3 is 2.73 bits per heavy atom. The van der Waals surface area contributed by atoms with Gasteiger partial charge in [0.25, 0.3) is 5.91 Å². The van der Waals surface area contributed by atoms with Crippen molar-refractivity contribution in [3.8, 4) is 0 Å². The molecule has 0 fully saturated rings. The van der Waals surface area contributed by atoms with Gasteiger partial charge in [0.1, 0.15) is 0 Å². The second-order valence-corrected chi connectivity index (χ2v) is 6.78. The normalized spacial score (nSPS) is 10.7. The number of nitrogens with zero attached hydrogens (tertiary/aromatic N) is 3. The van der Waals surface area contributed by atoms with E-state index in [9.17, 15) is 14.9 Å². The summed E-state index contributed by atoms with van der Waals surface area (Å²) in [4.78, 5) is 23.1. The molecule has 1 N–H and O–H groups in total. The van der Waals surface area contributed by atoms with E-state index in [1.165, 1.54) is 23.0 Å². The molecular formula is C18H18N4O3S. The average Bonchev–Trinajstić information content (AvgIpc) is 3.24. The van der Waals surface area contributed by atoms with Crippen LogP contribution in [0.15, 0.2) is 47.8 Å². The van der Waals surface area contributed by atoms with E-state index in [2.05, 4.69) is 10.4 Å². The summed E-state index contributed by atoms with van der Waals surface area (Å²) in [7, 11) is 0. The van der Waals surface area contributed by atoms with E-state index in [4.69, 9.17) is 0 Å². The number of nitro groups is 1. The summed E-state index contributed by atoms with van der Waals surface area (Å²) >= 11 is 1.36. The monoisotopic (exact) mass is 370 g/mol. The lowest BCUT2D eigenvalue weighted by atomic mass is 10.1. The van der Waals surface area contributed by atoms with Crippen LogP contribution >= 0.6 is 11.3 Å². The van der Waals surface area contributed by atoms with Crippen LogP contribution in [0.25, 0.3) is 0 Å². The zero-order valence-corrected chi connectivity index (χ0v) is 15.0. The summed E-state index contributed by atoms with van der Waals surface area (Å²) in [5.74, 6) is -0.281. The van der Waals surface area contributed by atoms with Gasteiger partial charge in [-0.2, -0.15) is 4.68 Å². The average molecular weight is 370 g/mol. The maximum Gasteiger partial charge on any atom is 0.390 e. The van der Waals surface area contributed by atoms with Crippen molar-refractivity contribution in [1.29, 1.82) is 0 Å². The van der Waals surface area contributed by atoms with Crippen molar-refractivity contribution in [2.75, 3.05) is 6.54 Å². The number of hydrogen-bond donors (Lipinski definition) is 1. The zero-order chi connectivity index (χ0) is 18.5. The zero-order valence-electron chi connectivity index (χ0n) is 14.2. The number of carbonyl (C=O) groups is 1. The van der Waals surface area contributed by atoms with Crippen LogP contribution in [0.1, 0.15) is 26.5 Å². The van der Waals surface area contributed by atoms with E-state index in [0.29, 0.717) is 23.7 Å². The van der Waals surface area contributed by atoms with Gasteiger partial charge in [-0.3, -0.25) is 4.79 Å². The van der Waals surface area contributed by atoms with Crippen LogP contribution in [0, 0.1) is 17.0 Å². The molecule has 1 amide bonds. The Hall–Kier alpha value is -3.00. The quantitative estimate of drug-likeness (QED) is 0.511. The molecule has 3 aromatic rings. The minimum atomic E-state index is -0.511. The Bertz CT molecular complexity index is 918. The fourth-order valence-corrected chi connectivity index (χ4v) is 3.36. The van der Waals surface area contributed by atoms with E-state index < -0.39 is 4.92 Å². The van der Waals surface area contributed by atoms with Gasteiger partial charge in [-0.05, 0) is 40.8 Å². The highest BCUT2D eigenvalue weighted by Gasteiger charge is 2.16. The van der Waals surface area contributed by atoms with Gasteiger partial charge < -0.3 is 15.4 Å². The fraction of sp³-hybridized carbons (Fsp3) is 0.222. The second-order valence-electron chi connectivity index (χ2n) is 5.87. The predicted molar refractivity (Wildman–Crippen MR) is 99.5 cm³/mol. The second kappa shape index (κ2) is 7.92. The van der Waals surface area contributed by atoms with Gasteiger partial charge in [-0.15, -0.1) is 11.3 Å². The van der Waals surface area contributed by atoms with Crippen molar-refractivity contribution >= 4 is 23.1 Å². The van der Waals surface area contributed by atoms with Gasteiger partial charge >= 0.3 is 5.82 Å². The first-order chi connectivity index (χ1) is 12.5. The first kappa shape index (κ1) is 17.8. The van der Waals surface area contributed by atoms with Gasteiger partial charge in [0.15, 0.2) is 0 Å². The van der Waals surface area contributed by atoms with Crippen LogP contribution in [0.4, 0.5) is 5.82 Å². The maximum absolute atomic E-state index is 12.2. The van der Waals surface area contributed by atoms with Crippen molar-refractivity contribution in [2.45, 2.75) is 19.9 Å². The minimum absolute atomic E-state index is 0.111. The first-order valence-corrected chi connectivity index (χ1v) is 8.99. The molecule has 1 aromatic carbocycles. The highest BCUT2D eigenvalue weighted by molar-refractivity contribution is 7.12. The number of amides is 1. The molecule has 0 aliphatic rings. The van der Waals surface area contributed by atoms with Gasteiger partial charge in [-0.25, -0.2) is 0 Å². The Morgan fingerprint density at radius 1 is 1.27 bits per heavy atom. The summed E-state index contributed by atoms with van der Waals surface area (Å²) in [6.07, 6.45) is 0.779. The highest BCUT2D eigenvalue weighted by atomic mass is 32.1. The van der Waals surface area contributed by atoms with E-state index in [-0.39, 0.29) is 11.7 Å². The molecule has 2 heterocycles. The van der Waals surface area contributed by atoms with Crippen LogP contribution in [-0.4, -0.2) is 27.2 Å². The molecule has 3 rings (SSSR count). The third kappa shape index (κ3) is 4.34. The lowest BCUT2D eigenvalue weighted by molar-refractivity contribution is -0.389. The lowest BCUT2D eigenvalue weighted by Crippen LogP contribution is -2.24. The van der Waals surface area contributed by atoms with Crippen molar-refractivity contribution in [2.24, 2.45) is 0 Å². The molecule has 2 aromatic heterocycles. The standard InChI is InChI=1S/C18H18N4O3S/c1-13-9-17(22(24)25)20-21(13)11-15-10-16(26-12-15)18(23)19-8-7-14-5-3-2-4-6-14/h2-6,9-10,12H,7-8,11H2,1H3,(H,19,23). The summed E-state index contributed by atoms with van der Waals surface area (Å²) in [6.45, 7) is 2.73. The summed E-state index contributed by atoms with van der Waals surface area (Å²) < 4.78 is 1.57.